The molecule has 1 aromatic rings. The van der Waals surface area contributed by atoms with Crippen LogP contribution < -0.4 is 5.32 Å². The van der Waals surface area contributed by atoms with Gasteiger partial charge in [0.2, 0.25) is 0 Å². The highest BCUT2D eigenvalue weighted by atomic mass is 16.4. The number of aromatic carboxylic acids is 1. The molecule has 0 aliphatic rings. The summed E-state index contributed by atoms with van der Waals surface area (Å²) in [5, 5.41) is 19.9. The third kappa shape index (κ3) is 9.64. The van der Waals surface area contributed by atoms with Crippen LogP contribution >= 0.6 is 0 Å². The average molecular weight is 269 g/mol. The number of hydrogen-bond donors (Lipinski definition) is 3. The number of aliphatic carboxylic acids is 1. The Morgan fingerprint density at radius 3 is 1.84 bits per heavy atom. The van der Waals surface area contributed by atoms with E-state index in [1.807, 2.05) is 27.7 Å². The number of rotatable bonds is 5. The first-order valence-electron chi connectivity index (χ1n) is 6.38. The van der Waals surface area contributed by atoms with E-state index >= 15 is 0 Å². The van der Waals surface area contributed by atoms with Gasteiger partial charge in [0.05, 0.1) is 12.0 Å². The molecule has 0 bridgehead atoms. The lowest BCUT2D eigenvalue weighted by Gasteiger charge is -2.04. The molecule has 5 nitrogen and oxygen atoms in total. The van der Waals surface area contributed by atoms with Gasteiger partial charge in [-0.2, -0.15) is 0 Å². The minimum atomic E-state index is -0.980. The largest absolute Gasteiger partial charge is 0.481 e. The fourth-order valence-electron chi connectivity index (χ4n) is 1.04. The molecule has 0 fully saturated rings. The Labute approximate surface area is 114 Å². The molecule has 0 amide bonds. The van der Waals surface area contributed by atoms with Crippen LogP contribution in [0.25, 0.3) is 0 Å². The van der Waals surface area contributed by atoms with Crippen LogP contribution in [-0.4, -0.2) is 28.7 Å². The summed E-state index contributed by atoms with van der Waals surface area (Å²) in [7, 11) is 0. The van der Waals surface area contributed by atoms with Gasteiger partial charge in [0.1, 0.15) is 0 Å². The van der Waals surface area contributed by atoms with E-state index in [1.54, 1.807) is 12.1 Å². The van der Waals surface area contributed by atoms with Gasteiger partial charge in [0, 0.05) is 12.2 Å². The summed E-state index contributed by atoms with van der Waals surface area (Å²) in [6, 6.07) is 6.13. The lowest BCUT2D eigenvalue weighted by atomic mass is 10.2. The normalized spacial score (nSPS) is 8.21. The lowest BCUT2D eigenvalue weighted by Crippen LogP contribution is -2.07. The molecular formula is C14H23NO4. The molecule has 1 rings (SSSR count). The molecule has 0 unspecified atom stereocenters. The number of hydrogen-bond acceptors (Lipinski definition) is 3. The van der Waals surface area contributed by atoms with E-state index < -0.39 is 11.9 Å². The third-order valence-electron chi connectivity index (χ3n) is 1.80. The van der Waals surface area contributed by atoms with Crippen molar-refractivity contribution in [1.82, 2.24) is 0 Å². The van der Waals surface area contributed by atoms with Crippen molar-refractivity contribution in [3.05, 3.63) is 29.8 Å². The predicted octanol–water partition coefficient (Wildman–Crippen LogP) is 3.32. The number of nitrogens with one attached hydrogen (secondary N) is 1. The zero-order valence-corrected chi connectivity index (χ0v) is 11.9. The Morgan fingerprint density at radius 2 is 1.47 bits per heavy atom. The zero-order chi connectivity index (χ0) is 15.3. The zero-order valence-electron chi connectivity index (χ0n) is 11.9. The molecule has 0 atom stereocenters. The SMILES string of the molecule is CC.CC.O=C(O)CCNc1ccc(C(=O)O)cc1. The van der Waals surface area contributed by atoms with Crippen molar-refractivity contribution < 1.29 is 19.8 Å². The average Bonchev–Trinajstić information content (AvgIpc) is 2.43. The van der Waals surface area contributed by atoms with Gasteiger partial charge in [-0.05, 0) is 24.3 Å². The first-order chi connectivity index (χ1) is 9.09. The van der Waals surface area contributed by atoms with Crippen LogP contribution in [0, 0.1) is 0 Å². The van der Waals surface area contributed by atoms with E-state index in [9.17, 15) is 9.59 Å². The van der Waals surface area contributed by atoms with E-state index in [-0.39, 0.29) is 12.0 Å². The van der Waals surface area contributed by atoms with Crippen molar-refractivity contribution in [1.29, 1.82) is 0 Å². The second-order valence-electron chi connectivity index (χ2n) is 2.95. The monoisotopic (exact) mass is 269 g/mol. The Morgan fingerprint density at radius 1 is 1.00 bits per heavy atom. The van der Waals surface area contributed by atoms with Gasteiger partial charge in [-0.25, -0.2) is 4.79 Å². The highest BCUT2D eigenvalue weighted by Crippen LogP contribution is 2.09. The molecule has 19 heavy (non-hydrogen) atoms. The van der Waals surface area contributed by atoms with Crippen molar-refractivity contribution in [3.8, 4) is 0 Å². The number of anilines is 1. The van der Waals surface area contributed by atoms with Crippen LogP contribution in [0.2, 0.25) is 0 Å². The van der Waals surface area contributed by atoms with Crippen molar-refractivity contribution in [3.63, 3.8) is 0 Å². The van der Waals surface area contributed by atoms with E-state index in [0.717, 1.165) is 0 Å². The quantitative estimate of drug-likeness (QED) is 0.763. The summed E-state index contributed by atoms with van der Waals surface area (Å²) in [5.74, 6) is -1.85. The Bertz CT molecular complexity index is 360. The topological polar surface area (TPSA) is 86.6 Å². The first-order valence-corrected chi connectivity index (χ1v) is 6.38. The Kier molecular flexibility index (Phi) is 12.6. The van der Waals surface area contributed by atoms with Gasteiger partial charge in [0.25, 0.3) is 0 Å². The van der Waals surface area contributed by atoms with Gasteiger partial charge in [-0.3, -0.25) is 4.79 Å². The second kappa shape index (κ2) is 12.4. The number of benzene rings is 1. The summed E-state index contributed by atoms with van der Waals surface area (Å²) in [5.41, 5.74) is 0.917. The summed E-state index contributed by atoms with van der Waals surface area (Å²) in [6.45, 7) is 8.32. The van der Waals surface area contributed by atoms with Crippen molar-refractivity contribution in [2.24, 2.45) is 0 Å². The van der Waals surface area contributed by atoms with E-state index in [1.165, 1.54) is 12.1 Å². The fraction of sp³-hybridized carbons (Fsp3) is 0.429. The molecule has 0 saturated carbocycles. The van der Waals surface area contributed by atoms with Crippen LogP contribution in [0.4, 0.5) is 5.69 Å². The second-order valence-corrected chi connectivity index (χ2v) is 2.95. The van der Waals surface area contributed by atoms with Crippen LogP contribution in [0.5, 0.6) is 0 Å². The molecule has 0 spiro atoms. The van der Waals surface area contributed by atoms with E-state index in [4.69, 9.17) is 10.2 Å². The molecule has 3 N–H and O–H groups in total. The molecule has 0 aromatic heterocycles. The maximum absolute atomic E-state index is 10.5. The predicted molar refractivity (Wildman–Crippen MR) is 76.8 cm³/mol. The minimum absolute atomic E-state index is 0.0285. The van der Waals surface area contributed by atoms with Gasteiger partial charge in [0.15, 0.2) is 0 Å². The third-order valence-corrected chi connectivity index (χ3v) is 1.80. The maximum Gasteiger partial charge on any atom is 0.335 e. The molecule has 0 aliphatic heterocycles. The number of carboxylic acid groups (broad SMARTS) is 2. The smallest absolute Gasteiger partial charge is 0.335 e. The molecule has 1 aromatic carbocycles. The van der Waals surface area contributed by atoms with Crippen LogP contribution in [0.3, 0.4) is 0 Å². The number of carbonyl (C=O) groups is 2. The molecular weight excluding hydrogens is 246 g/mol. The summed E-state index contributed by atoms with van der Waals surface area (Å²) in [6.07, 6.45) is 0.0285. The minimum Gasteiger partial charge on any atom is -0.481 e. The van der Waals surface area contributed by atoms with Crippen LogP contribution in [-0.2, 0) is 4.79 Å². The Balaban J connectivity index is 0. The Hall–Kier alpha value is -2.04. The van der Waals surface area contributed by atoms with Crippen molar-refractivity contribution >= 4 is 17.6 Å². The standard InChI is InChI=1S/C10H11NO4.2C2H6/c12-9(13)5-6-11-8-3-1-7(2-4-8)10(14)15;2*1-2/h1-4,11H,5-6H2,(H,12,13)(H,14,15);2*1-2H3. The molecule has 0 aliphatic carbocycles. The van der Waals surface area contributed by atoms with Gasteiger partial charge >= 0.3 is 11.9 Å². The maximum atomic E-state index is 10.5. The van der Waals surface area contributed by atoms with Crippen LogP contribution in [0.1, 0.15) is 44.5 Å². The lowest BCUT2D eigenvalue weighted by molar-refractivity contribution is -0.136. The van der Waals surface area contributed by atoms with Gasteiger partial charge < -0.3 is 15.5 Å². The number of carboxylic acids is 2. The first kappa shape index (κ1) is 19.3. The van der Waals surface area contributed by atoms with E-state index in [2.05, 4.69) is 5.32 Å². The highest BCUT2D eigenvalue weighted by Gasteiger charge is 2.01. The summed E-state index contributed by atoms with van der Waals surface area (Å²) < 4.78 is 0. The summed E-state index contributed by atoms with van der Waals surface area (Å²) >= 11 is 0. The molecule has 0 heterocycles. The van der Waals surface area contributed by atoms with E-state index in [0.29, 0.717) is 12.2 Å². The summed E-state index contributed by atoms with van der Waals surface area (Å²) in [4.78, 5) is 20.7. The molecule has 0 radical (unpaired) electrons. The molecule has 108 valence electrons. The highest BCUT2D eigenvalue weighted by molar-refractivity contribution is 5.88. The molecule has 5 heteroatoms. The fourth-order valence-corrected chi connectivity index (χ4v) is 1.04. The van der Waals surface area contributed by atoms with Crippen molar-refractivity contribution in [2.75, 3.05) is 11.9 Å². The van der Waals surface area contributed by atoms with Crippen molar-refractivity contribution in [2.45, 2.75) is 34.1 Å². The van der Waals surface area contributed by atoms with Gasteiger partial charge in [-0.15, -0.1) is 0 Å². The van der Waals surface area contributed by atoms with Gasteiger partial charge in [-0.1, -0.05) is 27.7 Å². The molecule has 0 saturated heterocycles. The van der Waals surface area contributed by atoms with Crippen LogP contribution in [0.15, 0.2) is 24.3 Å².